The average molecular weight is 452 g/mol. The summed E-state index contributed by atoms with van der Waals surface area (Å²) in [6.07, 6.45) is 0. The van der Waals surface area contributed by atoms with Gasteiger partial charge in [0.25, 0.3) is 5.91 Å². The Hall–Kier alpha value is -3.99. The molecule has 34 heavy (non-hydrogen) atoms. The standard InChI is InChI=1S/C29H29N3O2/c1-16-11-20(5)25(13-18(16)3)30-29(34)24-15-22-9-7-8-10-23(22)27(28(24)33)32-31-26-14-19(4)17(2)12-21(26)6/h7-15,33H,1-6H3,(H,30,34)/b32-31+. The minimum absolute atomic E-state index is 0.155. The maximum Gasteiger partial charge on any atom is 0.259 e. The predicted octanol–water partition coefficient (Wildman–Crippen LogP) is 8.06. The van der Waals surface area contributed by atoms with Gasteiger partial charge in [-0.1, -0.05) is 36.4 Å². The zero-order chi connectivity index (χ0) is 24.6. The third kappa shape index (κ3) is 4.42. The number of anilines is 1. The van der Waals surface area contributed by atoms with Crippen LogP contribution in [0, 0.1) is 41.5 Å². The van der Waals surface area contributed by atoms with Gasteiger partial charge in [0.15, 0.2) is 5.75 Å². The number of carbonyl (C=O) groups is 1. The van der Waals surface area contributed by atoms with Crippen LogP contribution < -0.4 is 5.32 Å². The molecule has 0 saturated heterocycles. The maximum atomic E-state index is 13.2. The first-order valence-electron chi connectivity index (χ1n) is 11.3. The summed E-state index contributed by atoms with van der Waals surface area (Å²) in [4.78, 5) is 13.2. The largest absolute Gasteiger partial charge is 0.505 e. The second-order valence-corrected chi connectivity index (χ2v) is 8.97. The van der Waals surface area contributed by atoms with E-state index in [0.717, 1.165) is 50.0 Å². The summed E-state index contributed by atoms with van der Waals surface area (Å²) < 4.78 is 0. The van der Waals surface area contributed by atoms with Crippen molar-refractivity contribution in [1.82, 2.24) is 0 Å². The van der Waals surface area contributed by atoms with Crippen molar-refractivity contribution in [3.05, 3.63) is 93.5 Å². The molecular formula is C29H29N3O2. The number of hydrogen-bond acceptors (Lipinski definition) is 4. The van der Waals surface area contributed by atoms with E-state index >= 15 is 0 Å². The fourth-order valence-corrected chi connectivity index (χ4v) is 4.03. The molecule has 0 radical (unpaired) electrons. The summed E-state index contributed by atoms with van der Waals surface area (Å²) in [5.41, 5.74) is 8.38. The smallest absolute Gasteiger partial charge is 0.259 e. The lowest BCUT2D eigenvalue weighted by atomic mass is 10.0. The highest BCUT2D eigenvalue weighted by molar-refractivity contribution is 6.12. The Balaban J connectivity index is 1.80. The number of aryl methyl sites for hydroxylation is 6. The first kappa shape index (κ1) is 23.2. The van der Waals surface area contributed by atoms with Crippen molar-refractivity contribution >= 4 is 33.7 Å². The normalized spacial score (nSPS) is 11.4. The number of rotatable bonds is 4. The SMILES string of the molecule is Cc1cc(C)c(/N=N/c2c(O)c(C(=O)Nc3cc(C)c(C)cc3C)cc3ccccc23)cc1C. The molecular weight excluding hydrogens is 422 g/mol. The van der Waals surface area contributed by atoms with E-state index in [2.05, 4.69) is 28.5 Å². The second kappa shape index (κ2) is 9.10. The van der Waals surface area contributed by atoms with Gasteiger partial charge < -0.3 is 10.4 Å². The van der Waals surface area contributed by atoms with Crippen LogP contribution in [-0.4, -0.2) is 11.0 Å². The van der Waals surface area contributed by atoms with Crippen LogP contribution in [0.15, 0.2) is 64.8 Å². The molecule has 0 aromatic heterocycles. The molecule has 0 aliphatic rings. The van der Waals surface area contributed by atoms with E-state index in [1.807, 2.05) is 77.1 Å². The summed E-state index contributed by atoms with van der Waals surface area (Å²) in [5, 5.41) is 24.5. The summed E-state index contributed by atoms with van der Waals surface area (Å²) in [6, 6.07) is 17.3. The highest BCUT2D eigenvalue weighted by Crippen LogP contribution is 2.40. The molecule has 0 spiro atoms. The van der Waals surface area contributed by atoms with Gasteiger partial charge in [0.05, 0.1) is 11.3 Å². The summed E-state index contributed by atoms with van der Waals surface area (Å²) >= 11 is 0. The number of hydrogen-bond donors (Lipinski definition) is 2. The lowest BCUT2D eigenvalue weighted by Crippen LogP contribution is -2.13. The molecule has 0 atom stereocenters. The molecule has 0 heterocycles. The molecule has 0 bridgehead atoms. The third-order valence-electron chi connectivity index (χ3n) is 6.40. The Kier molecular flexibility index (Phi) is 6.20. The predicted molar refractivity (Wildman–Crippen MR) is 139 cm³/mol. The zero-order valence-corrected chi connectivity index (χ0v) is 20.4. The molecule has 0 aliphatic carbocycles. The number of carbonyl (C=O) groups excluding carboxylic acids is 1. The molecule has 2 N–H and O–H groups in total. The molecule has 4 aromatic carbocycles. The molecule has 0 fully saturated rings. The summed E-state index contributed by atoms with van der Waals surface area (Å²) in [7, 11) is 0. The van der Waals surface area contributed by atoms with Crippen LogP contribution in [0.4, 0.5) is 17.1 Å². The first-order valence-corrected chi connectivity index (χ1v) is 11.3. The van der Waals surface area contributed by atoms with Crippen LogP contribution >= 0.6 is 0 Å². The van der Waals surface area contributed by atoms with Gasteiger partial charge in [0.2, 0.25) is 0 Å². The second-order valence-electron chi connectivity index (χ2n) is 8.97. The van der Waals surface area contributed by atoms with Gasteiger partial charge in [-0.25, -0.2) is 0 Å². The number of fused-ring (bicyclic) bond motifs is 1. The highest BCUT2D eigenvalue weighted by Gasteiger charge is 2.19. The molecule has 5 heteroatoms. The number of azo groups is 1. The minimum atomic E-state index is -0.395. The van der Waals surface area contributed by atoms with E-state index in [0.29, 0.717) is 0 Å². The number of aromatic hydroxyl groups is 1. The van der Waals surface area contributed by atoms with Gasteiger partial charge in [-0.15, -0.1) is 5.11 Å². The van der Waals surface area contributed by atoms with Crippen molar-refractivity contribution in [2.75, 3.05) is 5.32 Å². The van der Waals surface area contributed by atoms with E-state index in [1.54, 1.807) is 6.07 Å². The van der Waals surface area contributed by atoms with Gasteiger partial charge in [-0.3, -0.25) is 4.79 Å². The number of benzene rings is 4. The van der Waals surface area contributed by atoms with Gasteiger partial charge in [0.1, 0.15) is 5.69 Å². The summed E-state index contributed by atoms with van der Waals surface area (Å²) in [5.74, 6) is -0.587. The van der Waals surface area contributed by atoms with Crippen LogP contribution in [0.5, 0.6) is 5.75 Å². The van der Waals surface area contributed by atoms with Gasteiger partial charge in [0, 0.05) is 11.1 Å². The Morgan fingerprint density at radius 3 is 2.09 bits per heavy atom. The van der Waals surface area contributed by atoms with E-state index < -0.39 is 5.91 Å². The molecule has 0 unspecified atom stereocenters. The number of nitrogens with zero attached hydrogens (tertiary/aromatic N) is 2. The molecule has 172 valence electrons. The molecule has 4 aromatic rings. The lowest BCUT2D eigenvalue weighted by Gasteiger charge is -2.14. The Bertz CT molecular complexity index is 1470. The molecule has 5 nitrogen and oxygen atoms in total. The molecule has 1 amide bonds. The fraction of sp³-hybridized carbons (Fsp3) is 0.207. The lowest BCUT2D eigenvalue weighted by molar-refractivity contribution is 0.102. The number of phenolic OH excluding ortho intramolecular Hbond substituents is 1. The quantitative estimate of drug-likeness (QED) is 0.308. The fourth-order valence-electron chi connectivity index (χ4n) is 4.03. The Morgan fingerprint density at radius 1 is 0.735 bits per heavy atom. The van der Waals surface area contributed by atoms with Gasteiger partial charge in [-0.05, 0) is 98.5 Å². The van der Waals surface area contributed by atoms with Crippen molar-refractivity contribution in [3.8, 4) is 5.75 Å². The van der Waals surface area contributed by atoms with E-state index in [-0.39, 0.29) is 17.0 Å². The Labute approximate surface area is 200 Å². The highest BCUT2D eigenvalue weighted by atomic mass is 16.3. The van der Waals surface area contributed by atoms with Crippen LogP contribution in [-0.2, 0) is 0 Å². The topological polar surface area (TPSA) is 74.0 Å². The Morgan fingerprint density at radius 2 is 1.35 bits per heavy atom. The molecule has 0 aliphatic heterocycles. The van der Waals surface area contributed by atoms with Crippen LogP contribution in [0.1, 0.15) is 43.7 Å². The van der Waals surface area contributed by atoms with Gasteiger partial charge in [-0.2, -0.15) is 5.11 Å². The van der Waals surface area contributed by atoms with Crippen LogP contribution in [0.3, 0.4) is 0 Å². The van der Waals surface area contributed by atoms with Crippen molar-refractivity contribution < 1.29 is 9.90 Å². The number of phenols is 1. The van der Waals surface area contributed by atoms with Crippen molar-refractivity contribution in [2.45, 2.75) is 41.5 Å². The monoisotopic (exact) mass is 451 g/mol. The van der Waals surface area contributed by atoms with E-state index in [1.165, 1.54) is 5.56 Å². The van der Waals surface area contributed by atoms with Crippen molar-refractivity contribution in [2.24, 2.45) is 10.2 Å². The summed E-state index contributed by atoms with van der Waals surface area (Å²) in [6.45, 7) is 12.1. The average Bonchev–Trinajstić information content (AvgIpc) is 2.79. The van der Waals surface area contributed by atoms with Crippen LogP contribution in [0.2, 0.25) is 0 Å². The van der Waals surface area contributed by atoms with E-state index in [4.69, 9.17) is 0 Å². The van der Waals surface area contributed by atoms with E-state index in [9.17, 15) is 9.90 Å². The van der Waals surface area contributed by atoms with Crippen LogP contribution in [0.25, 0.3) is 10.8 Å². The number of nitrogens with one attached hydrogen (secondary N) is 1. The third-order valence-corrected chi connectivity index (χ3v) is 6.40. The first-order chi connectivity index (χ1) is 16.2. The van der Waals surface area contributed by atoms with Crippen molar-refractivity contribution in [3.63, 3.8) is 0 Å². The molecule has 4 rings (SSSR count). The maximum absolute atomic E-state index is 13.2. The van der Waals surface area contributed by atoms with Gasteiger partial charge >= 0.3 is 0 Å². The minimum Gasteiger partial charge on any atom is -0.505 e. The number of amides is 1. The van der Waals surface area contributed by atoms with Crippen molar-refractivity contribution in [1.29, 1.82) is 0 Å². The zero-order valence-electron chi connectivity index (χ0n) is 20.4. The molecule has 0 saturated carbocycles.